The van der Waals surface area contributed by atoms with E-state index in [1.165, 1.54) is 6.20 Å². The molecule has 0 atom stereocenters. The Labute approximate surface area is 180 Å². The number of rotatable bonds is 7. The van der Waals surface area contributed by atoms with E-state index >= 15 is 0 Å². The minimum atomic E-state index is -0.458. The number of hydrogen-bond acceptors (Lipinski definition) is 8. The number of nitro groups is 1. The van der Waals surface area contributed by atoms with Gasteiger partial charge in [-0.2, -0.15) is 5.10 Å². The lowest BCUT2D eigenvalue weighted by Crippen LogP contribution is -2.31. The van der Waals surface area contributed by atoms with Crippen LogP contribution in [0.3, 0.4) is 0 Å². The average Bonchev–Trinajstić information content (AvgIpc) is 3.23. The van der Waals surface area contributed by atoms with E-state index < -0.39 is 4.92 Å². The van der Waals surface area contributed by atoms with E-state index in [0.717, 1.165) is 42.9 Å². The number of methoxy groups -OCH3 is 1. The number of hydrogen-bond donors (Lipinski definition) is 1. The first kappa shape index (κ1) is 20.7. The first-order valence-electron chi connectivity index (χ1n) is 10.1. The summed E-state index contributed by atoms with van der Waals surface area (Å²) in [7, 11) is 3.72. The highest BCUT2D eigenvalue weighted by atomic mass is 16.6. The summed E-state index contributed by atoms with van der Waals surface area (Å²) in [5.74, 6) is 1.03. The molecule has 1 fully saturated rings. The molecule has 0 amide bonds. The minimum Gasteiger partial charge on any atom is -0.497 e. The van der Waals surface area contributed by atoms with Crippen LogP contribution in [0.2, 0.25) is 0 Å². The van der Waals surface area contributed by atoms with Crippen LogP contribution in [-0.4, -0.2) is 56.8 Å². The lowest BCUT2D eigenvalue weighted by atomic mass is 10.1. The Balaban J connectivity index is 1.51. The summed E-state index contributed by atoms with van der Waals surface area (Å²) in [5.41, 5.74) is 1.88. The van der Waals surface area contributed by atoms with Crippen LogP contribution in [0.25, 0.3) is 0 Å². The Morgan fingerprint density at radius 1 is 1.23 bits per heavy atom. The molecule has 10 heteroatoms. The number of ether oxygens (including phenoxy) is 1. The van der Waals surface area contributed by atoms with Crippen LogP contribution in [0.5, 0.6) is 5.75 Å². The van der Waals surface area contributed by atoms with Crippen molar-refractivity contribution in [1.82, 2.24) is 24.6 Å². The fraction of sp³-hybridized carbons (Fsp3) is 0.381. The molecule has 0 aliphatic carbocycles. The zero-order valence-electron chi connectivity index (χ0n) is 17.6. The van der Waals surface area contributed by atoms with Crippen LogP contribution >= 0.6 is 0 Å². The highest BCUT2D eigenvalue weighted by molar-refractivity contribution is 5.52. The Kier molecular flexibility index (Phi) is 6.08. The van der Waals surface area contributed by atoms with Gasteiger partial charge in [0.15, 0.2) is 0 Å². The van der Waals surface area contributed by atoms with Crippen molar-refractivity contribution in [2.75, 3.05) is 32.6 Å². The molecule has 1 aliphatic heterocycles. The number of likely N-dealkylation sites (tertiary alicyclic amines) is 1. The van der Waals surface area contributed by atoms with Crippen molar-refractivity contribution >= 4 is 17.3 Å². The molecule has 162 valence electrons. The SMILES string of the molecule is COc1ccc(Cc2nc(Nc3cnn(C4CCN(C)CC4)c3)ncc2[N+](=O)[O-])cc1. The van der Waals surface area contributed by atoms with Gasteiger partial charge in [0.05, 0.1) is 30.0 Å². The zero-order chi connectivity index (χ0) is 21.8. The van der Waals surface area contributed by atoms with E-state index in [1.54, 1.807) is 13.3 Å². The summed E-state index contributed by atoms with van der Waals surface area (Å²) in [6.07, 6.45) is 7.33. The van der Waals surface area contributed by atoms with Gasteiger partial charge in [0.1, 0.15) is 17.6 Å². The van der Waals surface area contributed by atoms with Crippen molar-refractivity contribution in [2.24, 2.45) is 0 Å². The second-order valence-corrected chi connectivity index (χ2v) is 7.68. The van der Waals surface area contributed by atoms with Crippen LogP contribution in [0, 0.1) is 10.1 Å². The van der Waals surface area contributed by atoms with E-state index in [-0.39, 0.29) is 5.69 Å². The van der Waals surface area contributed by atoms with Crippen molar-refractivity contribution in [2.45, 2.75) is 25.3 Å². The van der Waals surface area contributed by atoms with Gasteiger partial charge in [-0.25, -0.2) is 9.97 Å². The Morgan fingerprint density at radius 3 is 2.65 bits per heavy atom. The minimum absolute atomic E-state index is 0.108. The van der Waals surface area contributed by atoms with Gasteiger partial charge in [0.25, 0.3) is 0 Å². The molecule has 0 saturated carbocycles. The van der Waals surface area contributed by atoms with E-state index in [9.17, 15) is 10.1 Å². The second-order valence-electron chi connectivity index (χ2n) is 7.68. The Bertz CT molecular complexity index is 1040. The van der Waals surface area contributed by atoms with Crippen molar-refractivity contribution in [3.05, 3.63) is 64.2 Å². The molecule has 0 unspecified atom stereocenters. The van der Waals surface area contributed by atoms with Crippen LogP contribution in [0.1, 0.15) is 30.1 Å². The van der Waals surface area contributed by atoms with Crippen molar-refractivity contribution in [1.29, 1.82) is 0 Å². The fourth-order valence-electron chi connectivity index (χ4n) is 3.68. The third-order valence-electron chi connectivity index (χ3n) is 5.49. The van der Waals surface area contributed by atoms with Crippen LogP contribution in [0.4, 0.5) is 17.3 Å². The first-order valence-corrected chi connectivity index (χ1v) is 10.1. The van der Waals surface area contributed by atoms with Gasteiger partial charge < -0.3 is 15.0 Å². The molecule has 0 spiro atoms. The largest absolute Gasteiger partial charge is 0.497 e. The molecule has 4 rings (SSSR count). The van der Waals surface area contributed by atoms with Crippen molar-refractivity contribution in [3.8, 4) is 5.75 Å². The molecule has 1 saturated heterocycles. The molecule has 1 N–H and O–H groups in total. The summed E-state index contributed by atoms with van der Waals surface area (Å²) < 4.78 is 7.13. The highest BCUT2D eigenvalue weighted by Gasteiger charge is 2.20. The average molecular weight is 423 g/mol. The van der Waals surface area contributed by atoms with Crippen molar-refractivity contribution in [3.63, 3.8) is 0 Å². The van der Waals surface area contributed by atoms with Gasteiger partial charge in [0, 0.05) is 12.6 Å². The number of nitrogens with zero attached hydrogens (tertiary/aromatic N) is 6. The molecule has 2 aromatic heterocycles. The predicted molar refractivity (Wildman–Crippen MR) is 116 cm³/mol. The number of aromatic nitrogens is 4. The van der Waals surface area contributed by atoms with Crippen LogP contribution in [0.15, 0.2) is 42.9 Å². The molecule has 1 aliphatic rings. The lowest BCUT2D eigenvalue weighted by molar-refractivity contribution is -0.386. The number of piperidine rings is 1. The highest BCUT2D eigenvalue weighted by Crippen LogP contribution is 2.25. The summed E-state index contributed by atoms with van der Waals surface area (Å²) in [6.45, 7) is 2.10. The van der Waals surface area contributed by atoms with Crippen molar-refractivity contribution < 1.29 is 9.66 Å². The molecule has 31 heavy (non-hydrogen) atoms. The van der Waals surface area contributed by atoms with Gasteiger partial charge in [-0.1, -0.05) is 12.1 Å². The second kappa shape index (κ2) is 9.09. The fourth-order valence-corrected chi connectivity index (χ4v) is 3.68. The molecule has 0 radical (unpaired) electrons. The maximum Gasteiger partial charge on any atom is 0.309 e. The number of benzene rings is 1. The van der Waals surface area contributed by atoms with E-state index in [0.29, 0.717) is 24.1 Å². The Hall–Kier alpha value is -3.53. The van der Waals surface area contributed by atoms with Crippen LogP contribution in [-0.2, 0) is 6.42 Å². The smallest absolute Gasteiger partial charge is 0.309 e. The zero-order valence-corrected chi connectivity index (χ0v) is 17.6. The van der Waals surface area contributed by atoms with E-state index in [4.69, 9.17) is 4.74 Å². The van der Waals surface area contributed by atoms with Gasteiger partial charge in [0.2, 0.25) is 5.95 Å². The van der Waals surface area contributed by atoms with E-state index in [2.05, 4.69) is 32.3 Å². The monoisotopic (exact) mass is 423 g/mol. The third-order valence-corrected chi connectivity index (χ3v) is 5.49. The maximum atomic E-state index is 11.5. The first-order chi connectivity index (χ1) is 15.0. The van der Waals surface area contributed by atoms with Gasteiger partial charge >= 0.3 is 5.69 Å². The molecule has 3 aromatic rings. The van der Waals surface area contributed by atoms with Gasteiger partial charge in [-0.15, -0.1) is 0 Å². The number of nitrogens with one attached hydrogen (secondary N) is 1. The Morgan fingerprint density at radius 2 is 1.97 bits per heavy atom. The molecular weight excluding hydrogens is 398 g/mol. The predicted octanol–water partition coefficient (Wildman–Crippen LogP) is 3.19. The quantitative estimate of drug-likeness (QED) is 0.456. The molecular formula is C21H25N7O3. The summed E-state index contributed by atoms with van der Waals surface area (Å²) in [5, 5.41) is 19.0. The summed E-state index contributed by atoms with van der Waals surface area (Å²) in [6, 6.07) is 7.74. The van der Waals surface area contributed by atoms with E-state index in [1.807, 2.05) is 35.1 Å². The normalized spacial score (nSPS) is 15.0. The number of anilines is 2. The van der Waals surface area contributed by atoms with Crippen LogP contribution < -0.4 is 10.1 Å². The summed E-state index contributed by atoms with van der Waals surface area (Å²) >= 11 is 0. The standard InChI is InChI=1S/C21H25N7O3/c1-26-9-7-17(8-10-26)27-14-16(12-23-27)24-21-22-13-20(28(29)30)19(25-21)11-15-3-5-18(31-2)6-4-15/h3-6,12-14,17H,7-11H2,1-2H3,(H,22,24,25). The lowest BCUT2D eigenvalue weighted by Gasteiger charge is -2.28. The molecule has 3 heterocycles. The molecule has 1 aromatic carbocycles. The molecule has 0 bridgehead atoms. The van der Waals surface area contributed by atoms with Gasteiger partial charge in [-0.3, -0.25) is 14.8 Å². The van der Waals surface area contributed by atoms with Gasteiger partial charge in [-0.05, 0) is 50.7 Å². The summed E-state index contributed by atoms with van der Waals surface area (Å²) in [4.78, 5) is 21.9. The topological polar surface area (TPSA) is 111 Å². The maximum absolute atomic E-state index is 11.5. The molecule has 10 nitrogen and oxygen atoms in total. The third kappa shape index (κ3) is 4.97.